The number of hydrogen-bond acceptors (Lipinski definition) is 4. The van der Waals surface area contributed by atoms with E-state index in [0.717, 1.165) is 6.20 Å². The zero-order valence-electron chi connectivity index (χ0n) is 8.89. The Bertz CT molecular complexity index is 647. The highest BCUT2D eigenvalue weighted by atomic mass is 35.5. The lowest BCUT2D eigenvalue weighted by atomic mass is 10.1. The summed E-state index contributed by atoms with van der Waals surface area (Å²) in [7, 11) is 0. The van der Waals surface area contributed by atoms with Crippen molar-refractivity contribution >= 4 is 29.0 Å². The summed E-state index contributed by atoms with van der Waals surface area (Å²) in [6.07, 6.45) is 1.16. The second-order valence-corrected chi connectivity index (χ2v) is 4.33. The molecule has 0 bridgehead atoms. The van der Waals surface area contributed by atoms with E-state index in [9.17, 15) is 5.21 Å². The van der Waals surface area contributed by atoms with Gasteiger partial charge in [0.05, 0.1) is 0 Å². The summed E-state index contributed by atoms with van der Waals surface area (Å²) >= 11 is 11.7. The average Bonchev–Trinajstić information content (AvgIpc) is 2.31. The molecule has 0 radical (unpaired) electrons. The zero-order valence-corrected chi connectivity index (χ0v) is 10.4. The molecule has 0 atom stereocenters. The van der Waals surface area contributed by atoms with Gasteiger partial charge < -0.3 is 5.21 Å². The SMILES string of the molecule is N#Cc1nc(-c2cc(Cl)cc(Cl)c2)c[n+]([O-])c1N. The van der Waals surface area contributed by atoms with Crippen molar-refractivity contribution < 1.29 is 4.73 Å². The molecule has 1 aromatic heterocycles. The fourth-order valence-corrected chi connectivity index (χ4v) is 1.94. The van der Waals surface area contributed by atoms with Gasteiger partial charge in [0.25, 0.3) is 0 Å². The van der Waals surface area contributed by atoms with Crippen LogP contribution >= 0.6 is 23.2 Å². The van der Waals surface area contributed by atoms with Crippen LogP contribution in [0.15, 0.2) is 24.4 Å². The predicted molar refractivity (Wildman–Crippen MR) is 67.8 cm³/mol. The summed E-state index contributed by atoms with van der Waals surface area (Å²) in [4.78, 5) is 3.98. The van der Waals surface area contributed by atoms with E-state index in [4.69, 9.17) is 34.2 Å². The van der Waals surface area contributed by atoms with E-state index >= 15 is 0 Å². The molecule has 1 aromatic carbocycles. The van der Waals surface area contributed by atoms with Gasteiger partial charge in [0.2, 0.25) is 5.69 Å². The van der Waals surface area contributed by atoms with Gasteiger partial charge in [0.15, 0.2) is 0 Å². The first-order valence-electron chi connectivity index (χ1n) is 4.77. The van der Waals surface area contributed by atoms with Crippen LogP contribution in [-0.2, 0) is 0 Å². The molecule has 7 heteroatoms. The summed E-state index contributed by atoms with van der Waals surface area (Å²) < 4.78 is 0.385. The van der Waals surface area contributed by atoms with E-state index < -0.39 is 0 Å². The number of rotatable bonds is 1. The molecule has 18 heavy (non-hydrogen) atoms. The molecule has 0 aliphatic rings. The minimum atomic E-state index is -0.241. The lowest BCUT2D eigenvalue weighted by Crippen LogP contribution is -2.32. The lowest BCUT2D eigenvalue weighted by Gasteiger charge is -2.08. The van der Waals surface area contributed by atoms with Crippen LogP contribution in [0.5, 0.6) is 0 Å². The number of nitrogens with zero attached hydrogens (tertiary/aromatic N) is 3. The Morgan fingerprint density at radius 2 is 1.89 bits per heavy atom. The monoisotopic (exact) mass is 280 g/mol. The summed E-state index contributed by atoms with van der Waals surface area (Å²) in [5.74, 6) is -0.241. The molecule has 1 heterocycles. The predicted octanol–water partition coefficient (Wildman–Crippen LogP) is 2.14. The summed E-state index contributed by atoms with van der Waals surface area (Å²) in [6.45, 7) is 0. The molecular formula is C11H6Cl2N4O. The van der Waals surface area contributed by atoms with E-state index in [1.54, 1.807) is 24.3 Å². The minimum absolute atomic E-state index is 0.140. The van der Waals surface area contributed by atoms with Crippen molar-refractivity contribution in [1.29, 1.82) is 5.26 Å². The van der Waals surface area contributed by atoms with Crippen LogP contribution in [0.2, 0.25) is 10.0 Å². The van der Waals surface area contributed by atoms with Crippen molar-refractivity contribution in [2.75, 3.05) is 5.73 Å². The van der Waals surface area contributed by atoms with Gasteiger partial charge in [-0.2, -0.15) is 5.26 Å². The first kappa shape index (κ1) is 12.4. The smallest absolute Gasteiger partial charge is 0.312 e. The minimum Gasteiger partial charge on any atom is -0.710 e. The highest BCUT2D eigenvalue weighted by Gasteiger charge is 2.13. The van der Waals surface area contributed by atoms with Crippen molar-refractivity contribution in [3.8, 4) is 17.3 Å². The molecular weight excluding hydrogens is 275 g/mol. The maximum atomic E-state index is 11.5. The summed E-state index contributed by atoms with van der Waals surface area (Å²) in [6, 6.07) is 6.49. The molecule has 0 aliphatic heterocycles. The van der Waals surface area contributed by atoms with Gasteiger partial charge in [-0.15, -0.1) is 0 Å². The first-order chi connectivity index (χ1) is 8.51. The van der Waals surface area contributed by atoms with Crippen molar-refractivity contribution in [2.24, 2.45) is 0 Å². The van der Waals surface area contributed by atoms with Crippen LogP contribution in [0.25, 0.3) is 11.3 Å². The van der Waals surface area contributed by atoms with Gasteiger partial charge >= 0.3 is 5.82 Å². The van der Waals surface area contributed by atoms with Crippen LogP contribution in [0.1, 0.15) is 5.69 Å². The van der Waals surface area contributed by atoms with Gasteiger partial charge in [-0.25, -0.2) is 9.71 Å². The molecule has 0 amide bonds. The molecule has 2 N–H and O–H groups in total. The first-order valence-corrected chi connectivity index (χ1v) is 5.53. The molecule has 90 valence electrons. The van der Waals surface area contributed by atoms with Crippen molar-refractivity contribution in [3.05, 3.63) is 45.3 Å². The van der Waals surface area contributed by atoms with E-state index in [1.165, 1.54) is 0 Å². The fourth-order valence-electron chi connectivity index (χ4n) is 1.41. The number of benzene rings is 1. The van der Waals surface area contributed by atoms with Crippen LogP contribution in [0.4, 0.5) is 5.82 Å². The van der Waals surface area contributed by atoms with Gasteiger partial charge in [-0.05, 0) is 18.2 Å². The second-order valence-electron chi connectivity index (χ2n) is 3.46. The molecule has 2 rings (SSSR count). The van der Waals surface area contributed by atoms with Crippen LogP contribution in [0, 0.1) is 16.5 Å². The van der Waals surface area contributed by atoms with Crippen molar-refractivity contribution in [3.63, 3.8) is 0 Å². The largest absolute Gasteiger partial charge is 0.710 e. The standard InChI is InChI=1S/C11H6Cl2N4O/c12-7-1-6(2-8(13)3-7)10-5-17(18)11(15)9(4-14)16-10/h1-3,5H,15H2. The topological polar surface area (TPSA) is 89.6 Å². The van der Waals surface area contributed by atoms with Gasteiger partial charge in [-0.3, -0.25) is 5.73 Å². The zero-order chi connectivity index (χ0) is 13.3. The Kier molecular flexibility index (Phi) is 3.24. The fraction of sp³-hybridized carbons (Fsp3) is 0. The number of nitrogens with two attached hydrogens (primary N) is 1. The third-order valence-corrected chi connectivity index (χ3v) is 2.65. The highest BCUT2D eigenvalue weighted by molar-refractivity contribution is 6.35. The summed E-state index contributed by atoms with van der Waals surface area (Å²) in [5.41, 5.74) is 6.09. The van der Waals surface area contributed by atoms with Gasteiger partial charge in [-0.1, -0.05) is 23.2 Å². The number of nitriles is 1. The molecule has 2 aromatic rings. The quantitative estimate of drug-likeness (QED) is 0.640. The van der Waals surface area contributed by atoms with Gasteiger partial charge in [0.1, 0.15) is 18.0 Å². The number of anilines is 1. The number of aromatic nitrogens is 2. The van der Waals surface area contributed by atoms with Crippen LogP contribution < -0.4 is 10.5 Å². The number of hydrogen-bond donors (Lipinski definition) is 1. The average molecular weight is 281 g/mol. The highest BCUT2D eigenvalue weighted by Crippen LogP contribution is 2.25. The number of halogens is 2. The molecule has 0 aliphatic carbocycles. The summed E-state index contributed by atoms with van der Waals surface area (Å²) in [5, 5.41) is 21.1. The molecule has 5 nitrogen and oxygen atoms in total. The normalized spacial score (nSPS) is 10.1. The third-order valence-electron chi connectivity index (χ3n) is 2.22. The molecule has 0 saturated heterocycles. The van der Waals surface area contributed by atoms with E-state index in [0.29, 0.717) is 20.3 Å². The van der Waals surface area contributed by atoms with Crippen molar-refractivity contribution in [1.82, 2.24) is 4.98 Å². The second kappa shape index (κ2) is 4.69. The molecule has 0 spiro atoms. The van der Waals surface area contributed by atoms with E-state index in [1.807, 2.05) is 0 Å². The Labute approximate surface area is 113 Å². The van der Waals surface area contributed by atoms with Gasteiger partial charge in [0, 0.05) is 15.6 Å². The Balaban J connectivity index is 2.65. The Hall–Kier alpha value is -2.03. The maximum absolute atomic E-state index is 11.5. The Morgan fingerprint density at radius 3 is 2.44 bits per heavy atom. The van der Waals surface area contributed by atoms with E-state index in [-0.39, 0.29) is 17.2 Å². The van der Waals surface area contributed by atoms with Crippen molar-refractivity contribution in [2.45, 2.75) is 0 Å². The lowest BCUT2D eigenvalue weighted by molar-refractivity contribution is -0.589. The third kappa shape index (κ3) is 2.30. The number of nitrogen functional groups attached to an aromatic ring is 1. The molecule has 0 fully saturated rings. The molecule has 0 unspecified atom stereocenters. The van der Waals surface area contributed by atoms with Crippen LogP contribution in [-0.4, -0.2) is 4.98 Å². The van der Waals surface area contributed by atoms with E-state index in [2.05, 4.69) is 4.98 Å². The maximum Gasteiger partial charge on any atom is 0.312 e. The molecule has 0 saturated carbocycles. The van der Waals surface area contributed by atoms with Crippen LogP contribution in [0.3, 0.4) is 0 Å². The Morgan fingerprint density at radius 1 is 1.28 bits per heavy atom.